The van der Waals surface area contributed by atoms with Gasteiger partial charge in [0.1, 0.15) is 0 Å². The molecule has 0 aliphatic rings. The predicted molar refractivity (Wildman–Crippen MR) is 102 cm³/mol. The van der Waals surface area contributed by atoms with Gasteiger partial charge in [-0.1, -0.05) is 65.1 Å². The maximum atomic E-state index is 11.7. The van der Waals surface area contributed by atoms with Crippen LogP contribution in [0.1, 0.15) is 16.1 Å². The quantitative estimate of drug-likeness (QED) is 0.473. The molecule has 0 saturated heterocycles. The number of carboxylic acid groups (broad SMARTS) is 1. The maximum Gasteiger partial charge on any atom is 0.360 e. The average Bonchev–Trinajstić information content (AvgIpc) is 2.63. The summed E-state index contributed by atoms with van der Waals surface area (Å²) in [6, 6.07) is 15.1. The molecule has 3 rings (SSSR count). The van der Waals surface area contributed by atoms with E-state index in [4.69, 9.17) is 5.11 Å². The van der Waals surface area contributed by atoms with Gasteiger partial charge in [-0.15, -0.1) is 0 Å². The second kappa shape index (κ2) is 7.06. The molecule has 6 nitrogen and oxygen atoms in total. The number of aromatic nitrogens is 2. The number of benzene rings is 2. The molecule has 2 aromatic carbocycles. The van der Waals surface area contributed by atoms with Crippen LogP contribution in [0.2, 0.25) is 0 Å². The van der Waals surface area contributed by atoms with Crippen LogP contribution in [0.5, 0.6) is 5.75 Å². The Morgan fingerprint density at radius 2 is 1.72 bits per heavy atom. The Morgan fingerprint density at radius 3 is 2.40 bits per heavy atom. The number of hydrogen-bond acceptors (Lipinski definition) is 4. The summed E-state index contributed by atoms with van der Waals surface area (Å²) in [5, 5.41) is 22.8. The fourth-order valence-electron chi connectivity index (χ4n) is 2.54. The van der Waals surface area contributed by atoms with Crippen molar-refractivity contribution in [3.8, 4) is 22.6 Å². The first kappa shape index (κ1) is 17.2. The number of carboxylic acids is 1. The summed E-state index contributed by atoms with van der Waals surface area (Å²) in [4.78, 5) is 23.0. The lowest BCUT2D eigenvalue weighted by Gasteiger charge is -2.14. The number of carbonyl (C=O) groups is 1. The molecule has 7 heteroatoms. The molecule has 3 aromatic rings. The Labute approximate surface area is 156 Å². The molecule has 25 heavy (non-hydrogen) atoms. The van der Waals surface area contributed by atoms with Gasteiger partial charge in [-0.2, -0.15) is 5.10 Å². The maximum absolute atomic E-state index is 11.7. The zero-order valence-electron chi connectivity index (χ0n) is 12.9. The monoisotopic (exact) mass is 448 g/mol. The van der Waals surface area contributed by atoms with Crippen molar-refractivity contribution in [1.29, 1.82) is 0 Å². The Bertz CT molecular complexity index is 1010. The lowest BCUT2D eigenvalue weighted by molar-refractivity contribution is 0.0686. The second-order valence-corrected chi connectivity index (χ2v) is 6.01. The minimum absolute atomic E-state index is 0.567. The van der Waals surface area contributed by atoms with Gasteiger partial charge in [-0.25, -0.2) is 9.48 Å². The Hall–Kier alpha value is -2.68. The van der Waals surface area contributed by atoms with E-state index in [1.165, 1.54) is 4.68 Å². The van der Waals surface area contributed by atoms with E-state index in [9.17, 15) is 14.7 Å². The molecular weight excluding hydrogens is 435 g/mol. The summed E-state index contributed by atoms with van der Waals surface area (Å²) >= 11 is 2.27. The molecule has 1 aromatic heterocycles. The molecule has 0 spiro atoms. The van der Waals surface area contributed by atoms with Crippen molar-refractivity contribution in [3.63, 3.8) is 0 Å². The smallest absolute Gasteiger partial charge is 0.360 e. The number of halogens is 1. The number of alkyl halides is 1. The van der Waals surface area contributed by atoms with Gasteiger partial charge < -0.3 is 10.2 Å². The van der Waals surface area contributed by atoms with Crippen molar-refractivity contribution in [2.24, 2.45) is 0 Å². The molecule has 126 valence electrons. The topological polar surface area (TPSA) is 92.4 Å². The van der Waals surface area contributed by atoms with Gasteiger partial charge in [0, 0.05) is 9.99 Å². The summed E-state index contributed by atoms with van der Waals surface area (Å²) in [6.45, 7) is 0. The summed E-state index contributed by atoms with van der Waals surface area (Å²) in [6.07, 6.45) is 1.13. The van der Waals surface area contributed by atoms with Crippen LogP contribution in [0.25, 0.3) is 16.8 Å². The standard InChI is InChI=1S/C18H13IN2O4/c19-9-11-5-1-2-6-12(11)13-7-3-4-8-14(13)21-10-15(22)17(23)16(20-21)18(24)25/h1-8,10,22H,9H2,(H,24,25). The molecule has 2 N–H and O–H groups in total. The zero-order chi connectivity index (χ0) is 18.0. The highest BCUT2D eigenvalue weighted by molar-refractivity contribution is 14.1. The van der Waals surface area contributed by atoms with Crippen LogP contribution in [-0.4, -0.2) is 26.0 Å². The summed E-state index contributed by atoms with van der Waals surface area (Å²) in [7, 11) is 0. The second-order valence-electron chi connectivity index (χ2n) is 5.25. The molecule has 0 fully saturated rings. The van der Waals surface area contributed by atoms with Gasteiger partial charge in [-0.3, -0.25) is 4.79 Å². The minimum Gasteiger partial charge on any atom is -0.503 e. The van der Waals surface area contributed by atoms with Gasteiger partial charge >= 0.3 is 5.97 Å². The number of aromatic hydroxyl groups is 1. The van der Waals surface area contributed by atoms with Crippen LogP contribution in [0.4, 0.5) is 0 Å². The van der Waals surface area contributed by atoms with Gasteiger partial charge in [-0.05, 0) is 17.2 Å². The van der Waals surface area contributed by atoms with Gasteiger partial charge in [0.25, 0.3) is 5.43 Å². The minimum atomic E-state index is -1.49. The van der Waals surface area contributed by atoms with E-state index < -0.39 is 22.8 Å². The molecule has 0 aliphatic heterocycles. The Kier molecular flexibility index (Phi) is 4.84. The largest absolute Gasteiger partial charge is 0.503 e. The lowest BCUT2D eigenvalue weighted by atomic mass is 9.99. The number of nitrogens with zero attached hydrogens (tertiary/aromatic N) is 2. The van der Waals surface area contributed by atoms with Gasteiger partial charge in [0.2, 0.25) is 5.69 Å². The van der Waals surface area contributed by atoms with Crippen molar-refractivity contribution >= 4 is 28.6 Å². The summed E-state index contributed by atoms with van der Waals surface area (Å²) in [5.41, 5.74) is 1.74. The highest BCUT2D eigenvalue weighted by Gasteiger charge is 2.18. The molecule has 0 atom stereocenters. The van der Waals surface area contributed by atoms with Crippen LogP contribution >= 0.6 is 22.6 Å². The molecule has 0 unspecified atom stereocenters. The lowest BCUT2D eigenvalue weighted by Crippen LogP contribution is -2.21. The third-order valence-electron chi connectivity index (χ3n) is 3.70. The third kappa shape index (κ3) is 3.27. The number of aromatic carboxylic acids is 1. The Balaban J connectivity index is 2.27. The number of para-hydroxylation sites is 1. The van der Waals surface area contributed by atoms with Crippen LogP contribution < -0.4 is 5.43 Å². The van der Waals surface area contributed by atoms with Crippen molar-refractivity contribution in [2.75, 3.05) is 0 Å². The van der Waals surface area contributed by atoms with Crippen molar-refractivity contribution in [2.45, 2.75) is 4.43 Å². The van der Waals surface area contributed by atoms with Crippen LogP contribution in [0.15, 0.2) is 59.5 Å². The van der Waals surface area contributed by atoms with E-state index in [2.05, 4.69) is 27.7 Å². The van der Waals surface area contributed by atoms with E-state index in [0.29, 0.717) is 5.69 Å². The van der Waals surface area contributed by atoms with E-state index >= 15 is 0 Å². The molecule has 1 heterocycles. The number of hydrogen-bond donors (Lipinski definition) is 2. The number of rotatable bonds is 4. The molecular formula is C18H13IN2O4. The highest BCUT2D eigenvalue weighted by Crippen LogP contribution is 2.30. The van der Waals surface area contributed by atoms with Gasteiger partial charge in [0.15, 0.2) is 5.75 Å². The molecule has 0 aliphatic carbocycles. The first-order valence-electron chi connectivity index (χ1n) is 7.33. The SMILES string of the molecule is O=C(O)c1nn(-c2ccccc2-c2ccccc2CI)cc(O)c1=O. The van der Waals surface area contributed by atoms with Crippen molar-refractivity contribution in [3.05, 3.63) is 76.2 Å². The zero-order valence-corrected chi connectivity index (χ0v) is 15.0. The van der Waals surface area contributed by atoms with Crippen LogP contribution in [0, 0.1) is 0 Å². The fourth-order valence-corrected chi connectivity index (χ4v) is 3.21. The molecule has 0 amide bonds. The summed E-state index contributed by atoms with van der Waals surface area (Å²) in [5.74, 6) is -2.15. The van der Waals surface area contributed by atoms with Crippen molar-refractivity contribution < 1.29 is 15.0 Å². The van der Waals surface area contributed by atoms with E-state index in [-0.39, 0.29) is 0 Å². The first-order valence-corrected chi connectivity index (χ1v) is 8.85. The molecule has 0 saturated carbocycles. The molecule has 0 radical (unpaired) electrons. The fraction of sp³-hybridized carbons (Fsp3) is 0.0556. The summed E-state index contributed by atoms with van der Waals surface area (Å²) < 4.78 is 2.02. The Morgan fingerprint density at radius 1 is 1.08 bits per heavy atom. The molecule has 0 bridgehead atoms. The third-order valence-corrected chi connectivity index (χ3v) is 4.53. The van der Waals surface area contributed by atoms with Crippen LogP contribution in [0.3, 0.4) is 0 Å². The first-order chi connectivity index (χ1) is 12.0. The van der Waals surface area contributed by atoms with Crippen LogP contribution in [-0.2, 0) is 4.43 Å². The predicted octanol–water partition coefficient (Wildman–Crippen LogP) is 3.24. The normalized spacial score (nSPS) is 10.6. The van der Waals surface area contributed by atoms with E-state index in [0.717, 1.165) is 27.3 Å². The van der Waals surface area contributed by atoms with E-state index in [1.54, 1.807) is 12.1 Å². The van der Waals surface area contributed by atoms with Crippen molar-refractivity contribution in [1.82, 2.24) is 9.78 Å². The highest BCUT2D eigenvalue weighted by atomic mass is 127. The van der Waals surface area contributed by atoms with E-state index in [1.807, 2.05) is 36.4 Å². The van der Waals surface area contributed by atoms with Gasteiger partial charge in [0.05, 0.1) is 11.9 Å². The average molecular weight is 448 g/mol.